The van der Waals surface area contributed by atoms with Crippen LogP contribution in [0.2, 0.25) is 0 Å². The maximum Gasteiger partial charge on any atom is 0.330 e. The van der Waals surface area contributed by atoms with E-state index in [4.69, 9.17) is 10.2 Å². The van der Waals surface area contributed by atoms with Crippen LogP contribution in [0.15, 0.2) is 12.2 Å². The molecule has 0 aromatic heterocycles. The molecule has 0 heterocycles. The Morgan fingerprint density at radius 1 is 1.58 bits per heavy atom. The minimum absolute atomic E-state index is 0.221. The van der Waals surface area contributed by atoms with Gasteiger partial charge in [-0.3, -0.25) is 0 Å². The van der Waals surface area contributed by atoms with Crippen molar-refractivity contribution in [3.63, 3.8) is 0 Å². The third-order valence-corrected chi connectivity index (χ3v) is 1.79. The number of aliphatic carboxylic acids is 1. The largest absolute Gasteiger partial charge is 0.478 e. The molecule has 0 saturated heterocycles. The zero-order valence-corrected chi connectivity index (χ0v) is 7.42. The molecule has 0 aromatic rings. The van der Waals surface area contributed by atoms with E-state index in [-0.39, 0.29) is 11.7 Å². The molecule has 70 valence electrons. The second-order valence-electron chi connectivity index (χ2n) is 2.86. The Balaban J connectivity index is 3.44. The molecule has 2 N–H and O–H groups in total. The fourth-order valence-corrected chi connectivity index (χ4v) is 0.862. The van der Waals surface area contributed by atoms with E-state index >= 15 is 0 Å². The van der Waals surface area contributed by atoms with Crippen LogP contribution in [-0.2, 0) is 4.79 Å². The number of aliphatic hydroxyl groups excluding tert-OH is 1. The van der Waals surface area contributed by atoms with Crippen molar-refractivity contribution in [3.8, 4) is 0 Å². The molecule has 0 aromatic carbocycles. The summed E-state index contributed by atoms with van der Waals surface area (Å²) in [7, 11) is 0. The van der Waals surface area contributed by atoms with Gasteiger partial charge in [-0.05, 0) is 25.7 Å². The van der Waals surface area contributed by atoms with Crippen LogP contribution in [0.3, 0.4) is 0 Å². The lowest BCUT2D eigenvalue weighted by Gasteiger charge is -2.06. The number of rotatable bonds is 6. The number of aliphatic hydroxyl groups is 1. The van der Waals surface area contributed by atoms with Gasteiger partial charge in [-0.2, -0.15) is 0 Å². The maximum absolute atomic E-state index is 10.3. The van der Waals surface area contributed by atoms with Gasteiger partial charge in [-0.15, -0.1) is 0 Å². The van der Waals surface area contributed by atoms with E-state index in [1.54, 1.807) is 0 Å². The van der Waals surface area contributed by atoms with Crippen molar-refractivity contribution in [2.24, 2.45) is 0 Å². The van der Waals surface area contributed by atoms with E-state index in [9.17, 15) is 4.79 Å². The lowest BCUT2D eigenvalue weighted by atomic mass is 10.1. The topological polar surface area (TPSA) is 57.5 Å². The first-order chi connectivity index (χ1) is 5.57. The molecule has 0 spiro atoms. The van der Waals surface area contributed by atoms with Gasteiger partial charge in [0.1, 0.15) is 0 Å². The highest BCUT2D eigenvalue weighted by Crippen LogP contribution is 2.08. The van der Waals surface area contributed by atoms with Gasteiger partial charge >= 0.3 is 5.97 Å². The number of hydrogen-bond donors (Lipinski definition) is 2. The number of carboxylic acids is 1. The van der Waals surface area contributed by atoms with Crippen LogP contribution >= 0.6 is 0 Å². The van der Waals surface area contributed by atoms with Gasteiger partial charge in [-0.25, -0.2) is 4.79 Å². The summed E-state index contributed by atoms with van der Waals surface area (Å²) < 4.78 is 0. The molecule has 0 rings (SSSR count). The first-order valence-electron chi connectivity index (χ1n) is 4.17. The molecular weight excluding hydrogens is 156 g/mol. The van der Waals surface area contributed by atoms with E-state index < -0.39 is 5.97 Å². The summed E-state index contributed by atoms with van der Waals surface area (Å²) in [4.78, 5) is 10.3. The summed E-state index contributed by atoms with van der Waals surface area (Å²) in [6, 6.07) is 0. The minimum Gasteiger partial charge on any atom is -0.478 e. The first-order valence-corrected chi connectivity index (χ1v) is 4.17. The third kappa shape index (κ3) is 4.91. The minimum atomic E-state index is -0.944. The SMILES string of the molecule is C=C(CCC[C@@H](O)CC)C(=O)O. The molecule has 0 radical (unpaired) electrons. The van der Waals surface area contributed by atoms with Gasteiger partial charge in [0.2, 0.25) is 0 Å². The average Bonchev–Trinajstić information content (AvgIpc) is 2.03. The Bertz CT molecular complexity index is 163. The summed E-state index contributed by atoms with van der Waals surface area (Å²) in [5, 5.41) is 17.6. The monoisotopic (exact) mass is 172 g/mol. The van der Waals surface area contributed by atoms with Gasteiger partial charge in [0.05, 0.1) is 6.10 Å². The van der Waals surface area contributed by atoms with E-state index in [0.717, 1.165) is 6.42 Å². The van der Waals surface area contributed by atoms with Crippen molar-refractivity contribution in [3.05, 3.63) is 12.2 Å². The quantitative estimate of drug-likeness (QED) is 0.598. The molecule has 3 nitrogen and oxygen atoms in total. The number of hydrogen-bond acceptors (Lipinski definition) is 2. The van der Waals surface area contributed by atoms with E-state index in [0.29, 0.717) is 19.3 Å². The lowest BCUT2D eigenvalue weighted by molar-refractivity contribution is -0.132. The highest BCUT2D eigenvalue weighted by Gasteiger charge is 2.05. The highest BCUT2D eigenvalue weighted by molar-refractivity contribution is 5.85. The molecular formula is C9H16O3. The fourth-order valence-electron chi connectivity index (χ4n) is 0.862. The van der Waals surface area contributed by atoms with Gasteiger partial charge < -0.3 is 10.2 Å². The van der Waals surface area contributed by atoms with Crippen molar-refractivity contribution in [1.29, 1.82) is 0 Å². The summed E-state index contributed by atoms with van der Waals surface area (Å²) in [5.74, 6) is -0.944. The zero-order chi connectivity index (χ0) is 9.56. The van der Waals surface area contributed by atoms with Crippen molar-refractivity contribution in [1.82, 2.24) is 0 Å². The fraction of sp³-hybridized carbons (Fsp3) is 0.667. The van der Waals surface area contributed by atoms with Crippen molar-refractivity contribution >= 4 is 5.97 Å². The molecule has 3 heteroatoms. The van der Waals surface area contributed by atoms with Crippen LogP contribution in [0.1, 0.15) is 32.6 Å². The predicted molar refractivity (Wildman–Crippen MR) is 46.9 cm³/mol. The second kappa shape index (κ2) is 5.77. The Morgan fingerprint density at radius 3 is 2.58 bits per heavy atom. The van der Waals surface area contributed by atoms with E-state index in [2.05, 4.69) is 6.58 Å². The van der Waals surface area contributed by atoms with Gasteiger partial charge in [0.25, 0.3) is 0 Å². The molecule has 0 aliphatic rings. The van der Waals surface area contributed by atoms with Gasteiger partial charge in [0, 0.05) is 5.57 Å². The molecule has 0 saturated carbocycles. The zero-order valence-electron chi connectivity index (χ0n) is 7.42. The Morgan fingerprint density at radius 2 is 2.17 bits per heavy atom. The van der Waals surface area contributed by atoms with Crippen LogP contribution in [-0.4, -0.2) is 22.3 Å². The van der Waals surface area contributed by atoms with E-state index in [1.165, 1.54) is 0 Å². The molecule has 1 atom stereocenters. The predicted octanol–water partition coefficient (Wildman–Crippen LogP) is 1.57. The molecule has 0 fully saturated rings. The number of carboxylic acid groups (broad SMARTS) is 1. The molecule has 0 aliphatic carbocycles. The Labute approximate surface area is 72.7 Å². The van der Waals surface area contributed by atoms with Gasteiger partial charge in [-0.1, -0.05) is 13.5 Å². The summed E-state index contributed by atoms with van der Waals surface area (Å²) in [6.45, 7) is 5.30. The summed E-state index contributed by atoms with van der Waals surface area (Å²) in [6.07, 6.45) is 2.24. The molecule has 12 heavy (non-hydrogen) atoms. The highest BCUT2D eigenvalue weighted by atomic mass is 16.4. The molecule has 0 aliphatic heterocycles. The smallest absolute Gasteiger partial charge is 0.330 e. The normalized spacial score (nSPS) is 12.5. The average molecular weight is 172 g/mol. The van der Waals surface area contributed by atoms with Crippen molar-refractivity contribution in [2.75, 3.05) is 0 Å². The van der Waals surface area contributed by atoms with Crippen LogP contribution in [0.25, 0.3) is 0 Å². The van der Waals surface area contributed by atoms with E-state index in [1.807, 2.05) is 6.92 Å². The molecule has 0 amide bonds. The lowest BCUT2D eigenvalue weighted by Crippen LogP contribution is -2.05. The Hall–Kier alpha value is -0.830. The van der Waals surface area contributed by atoms with Crippen molar-refractivity contribution < 1.29 is 15.0 Å². The third-order valence-electron chi connectivity index (χ3n) is 1.79. The van der Waals surface area contributed by atoms with Crippen LogP contribution < -0.4 is 0 Å². The van der Waals surface area contributed by atoms with Crippen LogP contribution in [0.4, 0.5) is 0 Å². The van der Waals surface area contributed by atoms with Gasteiger partial charge in [0.15, 0.2) is 0 Å². The van der Waals surface area contributed by atoms with Crippen LogP contribution in [0, 0.1) is 0 Å². The summed E-state index contributed by atoms with van der Waals surface area (Å²) in [5.41, 5.74) is 0.221. The van der Waals surface area contributed by atoms with Crippen molar-refractivity contribution in [2.45, 2.75) is 38.7 Å². The molecule has 0 unspecified atom stereocenters. The standard InChI is InChI=1S/C9H16O3/c1-3-8(10)6-4-5-7(2)9(11)12/h8,10H,2-6H2,1H3,(H,11,12)/t8-/m0/s1. The Kier molecular flexibility index (Phi) is 5.37. The maximum atomic E-state index is 10.3. The molecule has 0 bridgehead atoms. The number of carbonyl (C=O) groups is 1. The first kappa shape index (κ1) is 11.2. The summed E-state index contributed by atoms with van der Waals surface area (Å²) >= 11 is 0. The second-order valence-corrected chi connectivity index (χ2v) is 2.86. The van der Waals surface area contributed by atoms with Crippen LogP contribution in [0.5, 0.6) is 0 Å².